The molecule has 108 valence electrons. The molecule has 0 heterocycles. The van der Waals surface area contributed by atoms with Gasteiger partial charge >= 0.3 is 222 Å². The third kappa shape index (κ3) is 350. The SMILES string of the molecule is [La+3].[La+3].[O-2].[O-2].[O-2].[O-2].[O-2].[O-2].[O-2].[O-2].[O-2].[O-2].[O-2].[O-2].[O-2].[Pb+2].[Pb+2].[Ti+4].[Ti+4].[Zr+4].[Zr+4]. The van der Waals surface area contributed by atoms with Gasteiger partial charge in [-0.25, -0.2) is 0 Å². The summed E-state index contributed by atoms with van der Waals surface area (Å²) in [7, 11) is 0. The predicted octanol–water partition coefficient (Wildman–Crippen LogP) is -2.32. The quantitative estimate of drug-likeness (QED) is 0.231. The van der Waals surface area contributed by atoms with Crippen molar-refractivity contribution in [2.75, 3.05) is 0 Å². The molecule has 0 atom stereocenters. The van der Waals surface area contributed by atoms with Crippen LogP contribution in [0, 0.1) is 71.2 Å². The van der Waals surface area contributed by atoms with Crippen LogP contribution >= 0.6 is 0 Å². The van der Waals surface area contributed by atoms with Crippen molar-refractivity contribution in [1.82, 2.24) is 0 Å². The Balaban J connectivity index is 0. The number of hydrogen-bond acceptors (Lipinski definition) is 0. The van der Waals surface area contributed by atoms with E-state index >= 15 is 0 Å². The Hall–Kier alpha value is 6.91. The van der Waals surface area contributed by atoms with E-state index in [4.69, 9.17) is 0 Å². The Morgan fingerprint density at radius 3 is 0.238 bits per heavy atom. The molecule has 0 rings (SSSR count). The van der Waals surface area contributed by atoms with Crippen LogP contribution in [-0.4, -0.2) is 54.6 Å². The smallest absolute Gasteiger partial charge is 2.00 e. The molecular weight excluding hydrogens is 1180 g/mol. The minimum Gasteiger partial charge on any atom is -2.00 e. The van der Waals surface area contributed by atoms with Gasteiger partial charge in [-0.1, -0.05) is 0 Å². The average Bonchev–Trinajstić information content (AvgIpc) is 0. The van der Waals surface area contributed by atoms with E-state index < -0.39 is 0 Å². The van der Waals surface area contributed by atoms with Gasteiger partial charge in [0.15, 0.2) is 0 Å². The van der Waals surface area contributed by atoms with Gasteiger partial charge in [0.1, 0.15) is 0 Å². The van der Waals surface area contributed by atoms with E-state index in [-0.39, 0.29) is 293 Å². The normalized spacial score (nSPS) is 0. The molecule has 0 unspecified atom stereocenters. The van der Waals surface area contributed by atoms with Gasteiger partial charge in [-0.15, -0.1) is 0 Å². The van der Waals surface area contributed by atoms with Gasteiger partial charge < -0.3 is 71.2 Å². The summed E-state index contributed by atoms with van der Waals surface area (Å²) in [5, 5.41) is 0. The van der Waals surface area contributed by atoms with E-state index in [1.807, 2.05) is 0 Å². The maximum Gasteiger partial charge on any atom is 4.00 e. The standard InChI is InChI=1S/2La.13O.2Pb.2Ti.2Zr/q2*+3;13*-2;2*+2;4*+4. The van der Waals surface area contributed by atoms with Crippen LogP contribution in [0.3, 0.4) is 0 Å². The second-order valence-electron chi connectivity index (χ2n) is 0. The molecule has 0 saturated heterocycles. The van der Waals surface area contributed by atoms with Crippen molar-refractivity contribution < 1.29 is 238 Å². The van der Waals surface area contributed by atoms with E-state index in [9.17, 15) is 0 Å². The molecule has 0 aromatic rings. The molecule has 0 saturated carbocycles. The summed E-state index contributed by atoms with van der Waals surface area (Å²) in [5.74, 6) is 0. The maximum absolute atomic E-state index is 0. The van der Waals surface area contributed by atoms with Crippen LogP contribution in [-0.2, 0) is 167 Å². The summed E-state index contributed by atoms with van der Waals surface area (Å²) in [4.78, 5) is 0. The second-order valence-corrected chi connectivity index (χ2v) is 0. The van der Waals surface area contributed by atoms with Crippen LogP contribution in [0.15, 0.2) is 0 Å². The number of hydrogen-bond donors (Lipinski definition) is 0. The van der Waals surface area contributed by atoms with Crippen molar-refractivity contribution >= 4 is 54.6 Å². The second kappa shape index (κ2) is 378. The van der Waals surface area contributed by atoms with Crippen LogP contribution in [0.4, 0.5) is 0 Å². The first kappa shape index (κ1) is 423. The van der Waals surface area contributed by atoms with Crippen LogP contribution < -0.4 is 0 Å². The van der Waals surface area contributed by atoms with E-state index in [1.54, 1.807) is 0 Å². The van der Waals surface area contributed by atoms with Gasteiger partial charge in [-0.2, -0.15) is 0 Å². The summed E-state index contributed by atoms with van der Waals surface area (Å²) < 4.78 is 0. The zero-order chi connectivity index (χ0) is 0. The van der Waals surface area contributed by atoms with Crippen molar-refractivity contribution in [2.24, 2.45) is 0 Å². The third-order valence-electron chi connectivity index (χ3n) is 0. The third-order valence-corrected chi connectivity index (χ3v) is 0. The van der Waals surface area contributed by atoms with Gasteiger partial charge in [0.2, 0.25) is 0 Å². The van der Waals surface area contributed by atoms with Crippen LogP contribution in [0.5, 0.6) is 0 Å². The van der Waals surface area contributed by atoms with E-state index in [0.29, 0.717) is 0 Å². The fourth-order valence-electron chi connectivity index (χ4n) is 0. The van der Waals surface area contributed by atoms with Crippen LogP contribution in [0.2, 0.25) is 0 Å². The molecule has 13 nitrogen and oxygen atoms in total. The van der Waals surface area contributed by atoms with Crippen LogP contribution in [0.1, 0.15) is 0 Å². The van der Waals surface area contributed by atoms with Crippen molar-refractivity contribution in [2.45, 2.75) is 0 Å². The zero-order valence-corrected chi connectivity index (χ0v) is 32.5. The fourth-order valence-corrected chi connectivity index (χ4v) is 0. The molecule has 0 aromatic heterocycles. The maximum atomic E-state index is 0. The molecule has 0 aromatic carbocycles. The van der Waals surface area contributed by atoms with Crippen LogP contribution in [0.25, 0.3) is 0 Å². The zero-order valence-electron chi connectivity index (χ0n) is 9.46. The monoisotopic (exact) mass is 1180 g/mol. The van der Waals surface area contributed by atoms with E-state index in [2.05, 4.69) is 0 Å². The topological polar surface area (TPSA) is 370 Å². The summed E-state index contributed by atoms with van der Waals surface area (Å²) in [6, 6.07) is 0. The molecule has 21 heteroatoms. The Bertz CT molecular complexity index is 36.1. The molecule has 0 aliphatic rings. The van der Waals surface area contributed by atoms with Crippen molar-refractivity contribution in [3.05, 3.63) is 0 Å². The largest absolute Gasteiger partial charge is 4.00 e. The molecule has 0 amide bonds. The first-order valence-corrected chi connectivity index (χ1v) is 0. The first-order chi connectivity index (χ1) is 0. The van der Waals surface area contributed by atoms with Gasteiger partial charge in [-0.05, 0) is 0 Å². The molecule has 0 fully saturated rings. The molecule has 0 aliphatic carbocycles. The van der Waals surface area contributed by atoms with Gasteiger partial charge in [0.05, 0.1) is 0 Å². The Morgan fingerprint density at radius 1 is 0.238 bits per heavy atom. The molecule has 0 aliphatic heterocycles. The van der Waals surface area contributed by atoms with Crippen molar-refractivity contribution in [3.63, 3.8) is 0 Å². The van der Waals surface area contributed by atoms with Crippen molar-refractivity contribution in [3.8, 4) is 0 Å². The Morgan fingerprint density at radius 2 is 0.238 bits per heavy atom. The summed E-state index contributed by atoms with van der Waals surface area (Å²) in [6.45, 7) is 0. The molecule has 0 spiro atoms. The Labute approximate surface area is 286 Å². The first-order valence-electron chi connectivity index (χ1n) is 0. The fraction of sp³-hybridized carbons (Fsp3) is 0. The van der Waals surface area contributed by atoms with Crippen molar-refractivity contribution in [1.29, 1.82) is 0 Å². The minimum atomic E-state index is 0. The van der Waals surface area contributed by atoms with Gasteiger partial charge in [0, 0.05) is 0 Å². The summed E-state index contributed by atoms with van der Waals surface area (Å²) in [5.41, 5.74) is 0. The van der Waals surface area contributed by atoms with Gasteiger partial charge in [0.25, 0.3) is 0 Å². The molecular formula is La2O13Pb2Ti2Zr2. The molecule has 21 heavy (non-hydrogen) atoms. The number of rotatable bonds is 0. The molecule has 0 bridgehead atoms. The summed E-state index contributed by atoms with van der Waals surface area (Å²) >= 11 is 0. The molecule has 4 radical (unpaired) electrons. The molecule has 0 N–H and O–H groups in total. The Kier molecular flexibility index (Phi) is 7630. The van der Waals surface area contributed by atoms with E-state index in [1.165, 1.54) is 0 Å². The van der Waals surface area contributed by atoms with Gasteiger partial charge in [-0.3, -0.25) is 0 Å². The summed E-state index contributed by atoms with van der Waals surface area (Å²) in [6.07, 6.45) is 0. The predicted molar refractivity (Wildman–Crippen MR) is 20.4 cm³/mol. The average molecular weight is 1180 g/mol. The minimum absolute atomic E-state index is 0. The van der Waals surface area contributed by atoms with E-state index in [0.717, 1.165) is 0 Å².